The number of carbonyl (C=O) groups excluding carboxylic acids is 1. The highest BCUT2D eigenvalue weighted by molar-refractivity contribution is 8.19. The van der Waals surface area contributed by atoms with E-state index in [0.29, 0.717) is 10.1 Å². The van der Waals surface area contributed by atoms with Gasteiger partial charge in [-0.25, -0.2) is 4.99 Å². The van der Waals surface area contributed by atoms with Crippen LogP contribution < -0.4 is 9.80 Å². The van der Waals surface area contributed by atoms with Crippen LogP contribution in [0.4, 0.5) is 17.1 Å². The number of aryl methyl sites for hydroxylation is 2. The summed E-state index contributed by atoms with van der Waals surface area (Å²) in [5.41, 5.74) is 6.23. The van der Waals surface area contributed by atoms with Gasteiger partial charge in [-0.05, 0) is 86.5 Å². The van der Waals surface area contributed by atoms with E-state index in [9.17, 15) is 4.79 Å². The van der Waals surface area contributed by atoms with Crippen molar-refractivity contribution in [2.24, 2.45) is 4.99 Å². The molecule has 4 rings (SSSR count). The molecule has 3 aromatic rings. The van der Waals surface area contributed by atoms with Crippen LogP contribution in [0.1, 0.15) is 43.4 Å². The average molecular weight is 484 g/mol. The first-order valence-electron chi connectivity index (χ1n) is 12.3. The van der Waals surface area contributed by atoms with Crippen molar-refractivity contribution in [3.8, 4) is 0 Å². The second-order valence-electron chi connectivity index (χ2n) is 8.90. The minimum atomic E-state index is -0.0487. The maximum Gasteiger partial charge on any atom is 0.271 e. The molecule has 5 heteroatoms. The van der Waals surface area contributed by atoms with Gasteiger partial charge in [0, 0.05) is 18.8 Å². The van der Waals surface area contributed by atoms with E-state index in [2.05, 4.69) is 49.9 Å². The lowest BCUT2D eigenvalue weighted by Crippen LogP contribution is -2.28. The normalized spacial score (nSPS) is 15.9. The van der Waals surface area contributed by atoms with E-state index in [0.717, 1.165) is 48.4 Å². The minimum absolute atomic E-state index is 0.0487. The third-order valence-corrected chi connectivity index (χ3v) is 6.87. The van der Waals surface area contributed by atoms with Crippen molar-refractivity contribution < 1.29 is 4.79 Å². The van der Waals surface area contributed by atoms with E-state index in [-0.39, 0.29) is 5.91 Å². The maximum atomic E-state index is 13.5. The van der Waals surface area contributed by atoms with Crippen LogP contribution in [0.2, 0.25) is 0 Å². The second-order valence-corrected chi connectivity index (χ2v) is 9.90. The fraction of sp³-hybridized carbons (Fsp3) is 0.267. The molecule has 180 valence electrons. The number of anilines is 2. The molecule has 0 spiro atoms. The summed E-state index contributed by atoms with van der Waals surface area (Å²) in [7, 11) is 0. The molecule has 0 N–H and O–H groups in total. The van der Waals surface area contributed by atoms with E-state index < -0.39 is 0 Å². The van der Waals surface area contributed by atoms with Gasteiger partial charge in [0.15, 0.2) is 5.17 Å². The molecule has 1 aliphatic rings. The minimum Gasteiger partial charge on any atom is -0.372 e. The standard InChI is InChI=1S/C30H33N3OS/c1-5-19-32(20-6-2)26-17-11-24(12-18-26)21-28-29(34)33(27-15-9-23(4)10-16-27)30(35-28)31-25-13-7-22(3)8-14-25/h7-18,21H,5-6,19-20H2,1-4H3/b28-21-,31-30?. The largest absolute Gasteiger partial charge is 0.372 e. The third-order valence-electron chi connectivity index (χ3n) is 5.90. The lowest BCUT2D eigenvalue weighted by molar-refractivity contribution is -0.113. The van der Waals surface area contributed by atoms with Crippen LogP contribution in [0.5, 0.6) is 0 Å². The van der Waals surface area contributed by atoms with E-state index >= 15 is 0 Å². The quantitative estimate of drug-likeness (QED) is 0.307. The van der Waals surface area contributed by atoms with E-state index in [1.54, 1.807) is 4.90 Å². The Balaban J connectivity index is 1.66. The van der Waals surface area contributed by atoms with Gasteiger partial charge in [-0.2, -0.15) is 0 Å². The summed E-state index contributed by atoms with van der Waals surface area (Å²) in [5, 5.41) is 0.669. The number of amidine groups is 1. The van der Waals surface area contributed by atoms with Crippen LogP contribution in [-0.2, 0) is 4.79 Å². The summed E-state index contributed by atoms with van der Waals surface area (Å²) in [6.45, 7) is 10.6. The third kappa shape index (κ3) is 6.04. The molecule has 0 radical (unpaired) electrons. The van der Waals surface area contributed by atoms with Crippen molar-refractivity contribution in [2.45, 2.75) is 40.5 Å². The second kappa shape index (κ2) is 11.4. The highest BCUT2D eigenvalue weighted by Gasteiger charge is 2.34. The van der Waals surface area contributed by atoms with Crippen LogP contribution in [0.25, 0.3) is 6.08 Å². The number of amides is 1. The van der Waals surface area contributed by atoms with Gasteiger partial charge in [-0.3, -0.25) is 9.69 Å². The van der Waals surface area contributed by atoms with E-state index in [1.165, 1.54) is 23.0 Å². The van der Waals surface area contributed by atoms with Crippen LogP contribution in [0, 0.1) is 13.8 Å². The number of hydrogen-bond acceptors (Lipinski definition) is 4. The molecular weight excluding hydrogens is 450 g/mol. The molecule has 0 bridgehead atoms. The molecule has 1 saturated heterocycles. The predicted molar refractivity (Wildman–Crippen MR) is 152 cm³/mol. The van der Waals surface area contributed by atoms with E-state index in [4.69, 9.17) is 4.99 Å². The number of benzene rings is 3. The Morgan fingerprint density at radius 2 is 1.40 bits per heavy atom. The zero-order chi connectivity index (χ0) is 24.8. The summed E-state index contributed by atoms with van der Waals surface area (Å²) in [6.07, 6.45) is 4.21. The van der Waals surface area contributed by atoms with Crippen molar-refractivity contribution in [1.29, 1.82) is 0 Å². The fourth-order valence-corrected chi connectivity index (χ4v) is 5.04. The molecule has 0 aliphatic carbocycles. The zero-order valence-electron chi connectivity index (χ0n) is 21.0. The summed E-state index contributed by atoms with van der Waals surface area (Å²) >= 11 is 1.42. The van der Waals surface area contributed by atoms with Gasteiger partial charge in [0.25, 0.3) is 5.91 Å². The van der Waals surface area contributed by atoms with Gasteiger partial charge < -0.3 is 4.90 Å². The maximum absolute atomic E-state index is 13.5. The first-order valence-corrected chi connectivity index (χ1v) is 13.1. The molecule has 0 saturated carbocycles. The van der Waals surface area contributed by atoms with Crippen molar-refractivity contribution >= 4 is 46.0 Å². The van der Waals surface area contributed by atoms with Crippen molar-refractivity contribution in [3.05, 3.63) is 94.4 Å². The van der Waals surface area contributed by atoms with Crippen molar-refractivity contribution in [1.82, 2.24) is 0 Å². The molecule has 1 aliphatic heterocycles. The van der Waals surface area contributed by atoms with Gasteiger partial charge in [0.1, 0.15) is 0 Å². The molecule has 0 atom stereocenters. The number of hydrogen-bond donors (Lipinski definition) is 0. The summed E-state index contributed by atoms with van der Waals surface area (Å²) in [6, 6.07) is 24.6. The summed E-state index contributed by atoms with van der Waals surface area (Å²) in [5.74, 6) is -0.0487. The lowest BCUT2D eigenvalue weighted by Gasteiger charge is -2.23. The Morgan fingerprint density at radius 1 is 0.829 bits per heavy atom. The van der Waals surface area contributed by atoms with Gasteiger partial charge in [-0.15, -0.1) is 0 Å². The van der Waals surface area contributed by atoms with Gasteiger partial charge in [0.05, 0.1) is 16.3 Å². The number of rotatable bonds is 8. The predicted octanol–water partition coefficient (Wildman–Crippen LogP) is 7.74. The Labute approximate surface area is 213 Å². The fourth-order valence-electron chi connectivity index (χ4n) is 4.04. The van der Waals surface area contributed by atoms with E-state index in [1.807, 2.05) is 61.5 Å². The number of aliphatic imine (C=N–C) groups is 1. The molecule has 1 fully saturated rings. The smallest absolute Gasteiger partial charge is 0.271 e. The lowest BCUT2D eigenvalue weighted by atomic mass is 10.1. The van der Waals surface area contributed by atoms with Crippen molar-refractivity contribution in [3.63, 3.8) is 0 Å². The highest BCUT2D eigenvalue weighted by atomic mass is 32.2. The molecule has 35 heavy (non-hydrogen) atoms. The van der Waals surface area contributed by atoms with Crippen LogP contribution in [-0.4, -0.2) is 24.2 Å². The van der Waals surface area contributed by atoms with Crippen LogP contribution in [0.15, 0.2) is 82.7 Å². The Hall–Kier alpha value is -3.31. The zero-order valence-corrected chi connectivity index (χ0v) is 21.8. The van der Waals surface area contributed by atoms with Gasteiger partial charge in [-0.1, -0.05) is 61.4 Å². The van der Waals surface area contributed by atoms with Crippen LogP contribution >= 0.6 is 11.8 Å². The van der Waals surface area contributed by atoms with Gasteiger partial charge >= 0.3 is 0 Å². The van der Waals surface area contributed by atoms with Crippen molar-refractivity contribution in [2.75, 3.05) is 22.9 Å². The molecule has 1 heterocycles. The molecule has 0 unspecified atom stereocenters. The van der Waals surface area contributed by atoms with Crippen LogP contribution in [0.3, 0.4) is 0 Å². The highest BCUT2D eigenvalue weighted by Crippen LogP contribution is 2.37. The number of carbonyl (C=O) groups is 1. The molecule has 4 nitrogen and oxygen atoms in total. The molecule has 0 aromatic heterocycles. The Kier molecular flexibility index (Phi) is 8.09. The monoisotopic (exact) mass is 483 g/mol. The average Bonchev–Trinajstić information content (AvgIpc) is 3.16. The topological polar surface area (TPSA) is 35.9 Å². The first kappa shape index (κ1) is 24.8. The Bertz CT molecular complexity index is 1210. The first-order chi connectivity index (χ1) is 17.0. The number of nitrogens with zero attached hydrogens (tertiary/aromatic N) is 3. The molecule has 3 aromatic carbocycles. The number of thioether (sulfide) groups is 1. The SMILES string of the molecule is CCCN(CCC)c1ccc(/C=C2\SC(=Nc3ccc(C)cc3)N(c3ccc(C)cc3)C2=O)cc1. The molecular formula is C30H33N3OS. The Morgan fingerprint density at radius 3 is 1.97 bits per heavy atom. The summed E-state index contributed by atoms with van der Waals surface area (Å²) < 4.78 is 0. The summed E-state index contributed by atoms with van der Waals surface area (Å²) in [4.78, 5) is 23.2. The van der Waals surface area contributed by atoms with Gasteiger partial charge in [0.2, 0.25) is 0 Å². The molecule has 1 amide bonds.